The molecule has 0 spiro atoms. The highest BCUT2D eigenvalue weighted by atomic mass is 33.1. The van der Waals surface area contributed by atoms with Crippen LogP contribution in [0.3, 0.4) is 0 Å². The third-order valence-corrected chi connectivity index (χ3v) is 9.49. The first kappa shape index (κ1) is 45.7. The molecule has 18 heteroatoms. The van der Waals surface area contributed by atoms with E-state index in [1.165, 1.54) is 31.4 Å². The summed E-state index contributed by atoms with van der Waals surface area (Å²) in [5.74, 6) is -0.297. The van der Waals surface area contributed by atoms with Crippen molar-refractivity contribution < 1.29 is 39.6 Å². The van der Waals surface area contributed by atoms with Gasteiger partial charge in [-0.05, 0) is 27.7 Å². The van der Waals surface area contributed by atoms with Crippen LogP contribution < -0.4 is 11.5 Å². The molecular formula is C32H50N8O8S2. The van der Waals surface area contributed by atoms with E-state index in [0.717, 1.165) is 9.81 Å². The number of hydrogen-bond donors (Lipinski definition) is 6. The number of aliphatic hydroxyl groups excluding tert-OH is 2. The summed E-state index contributed by atoms with van der Waals surface area (Å²) in [6, 6.07) is 0. The number of aromatic nitrogens is 4. The third-order valence-electron chi connectivity index (χ3n) is 6.55. The van der Waals surface area contributed by atoms with Crippen molar-refractivity contribution in [2.24, 2.45) is 11.8 Å². The van der Waals surface area contributed by atoms with Gasteiger partial charge in [-0.15, -0.1) is 0 Å². The monoisotopic (exact) mass is 738 g/mol. The molecule has 0 saturated carbocycles. The summed E-state index contributed by atoms with van der Waals surface area (Å²) in [5, 5.41) is 35.3. The first-order valence-electron chi connectivity index (χ1n) is 15.4. The Hall–Kier alpha value is -4.26. The summed E-state index contributed by atoms with van der Waals surface area (Å²) in [4.78, 5) is 64.4. The summed E-state index contributed by atoms with van der Waals surface area (Å²) in [6.45, 7) is 13.6. The van der Waals surface area contributed by atoms with Crippen LogP contribution in [-0.4, -0.2) is 88.1 Å². The van der Waals surface area contributed by atoms with E-state index >= 15 is 0 Å². The van der Waals surface area contributed by atoms with Crippen LogP contribution in [0.15, 0.2) is 33.6 Å². The number of nitrogens with two attached hydrogens (primary N) is 2. The number of aliphatic hydroxyl groups is 2. The lowest BCUT2D eigenvalue weighted by molar-refractivity contribution is -0.141. The van der Waals surface area contributed by atoms with Crippen molar-refractivity contribution in [1.29, 1.82) is 0 Å². The molecule has 0 radical (unpaired) electrons. The van der Waals surface area contributed by atoms with Gasteiger partial charge in [-0.2, -0.15) is 0 Å². The van der Waals surface area contributed by atoms with Crippen molar-refractivity contribution >= 4 is 58.0 Å². The van der Waals surface area contributed by atoms with Gasteiger partial charge in [0.1, 0.15) is 23.3 Å². The fourth-order valence-corrected chi connectivity index (χ4v) is 6.15. The van der Waals surface area contributed by atoms with E-state index in [4.69, 9.17) is 21.7 Å². The van der Waals surface area contributed by atoms with Gasteiger partial charge >= 0.3 is 11.9 Å². The van der Waals surface area contributed by atoms with Crippen LogP contribution in [0.1, 0.15) is 77.2 Å². The van der Waals surface area contributed by atoms with Gasteiger partial charge in [-0.25, -0.2) is 19.9 Å². The van der Waals surface area contributed by atoms with Crippen molar-refractivity contribution in [3.8, 4) is 0 Å². The maximum atomic E-state index is 12.0. The maximum absolute atomic E-state index is 12.0. The van der Waals surface area contributed by atoms with Crippen LogP contribution in [0.5, 0.6) is 0 Å². The van der Waals surface area contributed by atoms with E-state index in [0.29, 0.717) is 71.5 Å². The summed E-state index contributed by atoms with van der Waals surface area (Å²) in [6.07, 6.45) is 5.15. The number of carbonyl (C=O) groups is 4. The molecule has 16 nitrogen and oxygen atoms in total. The SMILES string of the molecule is C/C(=C(\CCO)SS/C(CCO)=C(/C)N(C=O)Cc1cnc(C)nc1N)N(C=O)Cc1cnc(C)nc1N.CC(C)C(=O)O.CC(C)C(=O)O. The lowest BCUT2D eigenvalue weighted by Gasteiger charge is -2.24. The molecule has 0 atom stereocenters. The number of carboxylic acids is 2. The highest BCUT2D eigenvalue weighted by Gasteiger charge is 2.18. The van der Waals surface area contributed by atoms with Gasteiger partial charge in [0.25, 0.3) is 0 Å². The lowest BCUT2D eigenvalue weighted by atomic mass is 10.2. The molecule has 0 saturated heterocycles. The number of hydrogen-bond acceptors (Lipinski definition) is 14. The average Bonchev–Trinajstić information content (AvgIpc) is 3.05. The largest absolute Gasteiger partial charge is 0.481 e. The van der Waals surface area contributed by atoms with Gasteiger partial charge in [-0.3, -0.25) is 19.2 Å². The highest BCUT2D eigenvalue weighted by Crippen LogP contribution is 2.42. The molecule has 0 unspecified atom stereocenters. The third kappa shape index (κ3) is 16.9. The fraction of sp³-hybridized carbons (Fsp3) is 0.500. The number of nitrogen functional groups attached to an aromatic ring is 2. The van der Waals surface area contributed by atoms with E-state index in [-0.39, 0.29) is 38.1 Å². The van der Waals surface area contributed by atoms with Crippen LogP contribution >= 0.6 is 21.6 Å². The second-order valence-corrected chi connectivity index (χ2v) is 13.6. The molecule has 0 bridgehead atoms. The zero-order chi connectivity index (χ0) is 38.6. The van der Waals surface area contributed by atoms with Crippen molar-refractivity contribution in [2.75, 3.05) is 24.7 Å². The number of amides is 2. The molecule has 50 heavy (non-hydrogen) atoms. The molecule has 2 aromatic rings. The second-order valence-electron chi connectivity index (χ2n) is 11.2. The van der Waals surface area contributed by atoms with E-state index in [1.54, 1.807) is 67.8 Å². The average molecular weight is 739 g/mol. The molecule has 2 rings (SSSR count). The van der Waals surface area contributed by atoms with Crippen molar-refractivity contribution in [3.05, 3.63) is 56.4 Å². The summed E-state index contributed by atoms with van der Waals surface area (Å²) in [7, 11) is 2.69. The Morgan fingerprint density at radius 3 is 1.26 bits per heavy atom. The van der Waals surface area contributed by atoms with E-state index in [2.05, 4.69) is 19.9 Å². The Kier molecular flexibility index (Phi) is 21.9. The van der Waals surface area contributed by atoms with Crippen LogP contribution in [0, 0.1) is 25.7 Å². The van der Waals surface area contributed by atoms with Crippen LogP contribution in [0.4, 0.5) is 11.6 Å². The van der Waals surface area contributed by atoms with Gasteiger partial charge in [0.15, 0.2) is 0 Å². The van der Waals surface area contributed by atoms with E-state index < -0.39 is 11.9 Å². The Morgan fingerprint density at radius 2 is 1.04 bits per heavy atom. The Morgan fingerprint density at radius 1 is 0.740 bits per heavy atom. The molecule has 0 aliphatic heterocycles. The topological polar surface area (TPSA) is 259 Å². The van der Waals surface area contributed by atoms with Gasteiger partial charge in [0.05, 0.1) is 24.9 Å². The fourth-order valence-electron chi connectivity index (χ4n) is 3.30. The zero-order valence-electron chi connectivity index (χ0n) is 29.8. The predicted molar refractivity (Wildman–Crippen MR) is 195 cm³/mol. The first-order chi connectivity index (χ1) is 23.4. The van der Waals surface area contributed by atoms with Gasteiger partial charge in [0.2, 0.25) is 12.8 Å². The van der Waals surface area contributed by atoms with Crippen LogP contribution in [0.2, 0.25) is 0 Å². The Labute approximate surface area is 300 Å². The van der Waals surface area contributed by atoms with E-state index in [9.17, 15) is 29.4 Å². The van der Waals surface area contributed by atoms with Crippen LogP contribution in [-0.2, 0) is 32.3 Å². The molecule has 0 aliphatic rings. The number of nitrogens with zero attached hydrogens (tertiary/aromatic N) is 6. The van der Waals surface area contributed by atoms with Gasteiger partial charge < -0.3 is 41.7 Å². The molecule has 278 valence electrons. The summed E-state index contributed by atoms with van der Waals surface area (Å²) < 4.78 is 0. The number of allylic oxidation sites excluding steroid dienone is 2. The zero-order valence-corrected chi connectivity index (χ0v) is 31.4. The number of carbonyl (C=O) groups excluding carboxylic acids is 2. The van der Waals surface area contributed by atoms with Crippen molar-refractivity contribution in [2.45, 2.75) is 81.3 Å². The molecular weight excluding hydrogens is 689 g/mol. The first-order valence-corrected chi connectivity index (χ1v) is 17.6. The number of rotatable bonds is 17. The van der Waals surface area contributed by atoms with Crippen molar-refractivity contribution in [1.82, 2.24) is 29.7 Å². The minimum Gasteiger partial charge on any atom is -0.481 e. The van der Waals surface area contributed by atoms with Gasteiger partial charge in [0, 0.05) is 70.8 Å². The summed E-state index contributed by atoms with van der Waals surface area (Å²) in [5.41, 5.74) is 14.5. The summed E-state index contributed by atoms with van der Waals surface area (Å²) >= 11 is 0. The van der Waals surface area contributed by atoms with Crippen molar-refractivity contribution in [3.63, 3.8) is 0 Å². The molecule has 2 amide bonds. The number of anilines is 2. The normalized spacial score (nSPS) is 11.7. The molecule has 0 aliphatic carbocycles. The Balaban J connectivity index is 0.00000170. The smallest absolute Gasteiger partial charge is 0.305 e. The molecule has 0 aromatic carbocycles. The minimum absolute atomic E-state index is 0.131. The predicted octanol–water partition coefficient (Wildman–Crippen LogP) is 3.73. The molecule has 8 N–H and O–H groups in total. The lowest BCUT2D eigenvalue weighted by Crippen LogP contribution is -2.22. The quantitative estimate of drug-likeness (QED) is 0.0998. The molecule has 0 fully saturated rings. The van der Waals surface area contributed by atoms with Gasteiger partial charge in [-0.1, -0.05) is 49.3 Å². The van der Waals surface area contributed by atoms with Crippen LogP contribution in [0.25, 0.3) is 0 Å². The maximum Gasteiger partial charge on any atom is 0.305 e. The second kappa shape index (κ2) is 24.0. The number of carboxylic acid groups (broad SMARTS) is 2. The molecule has 2 heterocycles. The minimum atomic E-state index is -0.741. The number of aryl methyl sites for hydroxylation is 2. The Bertz CT molecular complexity index is 1380. The number of aliphatic carboxylic acids is 2. The molecule has 2 aromatic heterocycles. The highest BCUT2D eigenvalue weighted by molar-refractivity contribution is 8.79. The standard InChI is InChI=1S/C24H34N8O4S2.2C4H8O2/c1-15(31(13-35)11-19-9-27-17(3)29-23(19)25)21(5-7-33)37-38-22(6-8-34)16(2)32(14-36)12-20-10-28-18(4)30-24(20)26;2*1-3(2)4(5)6/h9-10,13-14,33-34H,5-8,11-12H2,1-4H3,(H2,25,27,29)(H2,26,28,30);2*3H,1-2H3,(H,5,6)/b21-15-,22-16-;;. The van der Waals surface area contributed by atoms with E-state index in [1.807, 2.05) is 0 Å².